The van der Waals surface area contributed by atoms with Crippen molar-refractivity contribution in [1.82, 2.24) is 20.2 Å². The van der Waals surface area contributed by atoms with Crippen LogP contribution >= 0.6 is 0 Å². The van der Waals surface area contributed by atoms with E-state index in [2.05, 4.69) is 39.4 Å². The van der Waals surface area contributed by atoms with Gasteiger partial charge in [0.2, 0.25) is 15.9 Å². The van der Waals surface area contributed by atoms with Crippen LogP contribution in [0.2, 0.25) is 0 Å². The first-order valence-corrected chi connectivity index (χ1v) is 7.76. The molecule has 0 aliphatic carbocycles. The van der Waals surface area contributed by atoms with Crippen LogP contribution in [0.5, 0.6) is 0 Å². The zero-order valence-electron chi connectivity index (χ0n) is 11.4. The minimum absolute atomic E-state index is 0.0488. The van der Waals surface area contributed by atoms with Crippen molar-refractivity contribution in [3.8, 4) is 0 Å². The van der Waals surface area contributed by atoms with Crippen molar-refractivity contribution >= 4 is 16.0 Å². The van der Waals surface area contributed by atoms with E-state index in [-0.39, 0.29) is 18.3 Å². The summed E-state index contributed by atoms with van der Waals surface area (Å²) in [6.45, 7) is 5.80. The van der Waals surface area contributed by atoms with Crippen LogP contribution < -0.4 is 15.4 Å². The molecular formula is C10H21N5O3S. The third-order valence-corrected chi connectivity index (χ3v) is 3.62. The van der Waals surface area contributed by atoms with Crippen molar-refractivity contribution in [3.05, 3.63) is 5.89 Å². The third-order valence-electron chi connectivity index (χ3n) is 2.25. The summed E-state index contributed by atoms with van der Waals surface area (Å²) in [5, 5.41) is 13.6. The van der Waals surface area contributed by atoms with E-state index >= 15 is 0 Å². The Labute approximate surface area is 113 Å². The molecule has 0 atom stereocenters. The van der Waals surface area contributed by atoms with Crippen LogP contribution in [0.15, 0.2) is 4.42 Å². The lowest BCUT2D eigenvalue weighted by molar-refractivity contribution is 0.459. The number of sulfonamides is 1. The molecule has 0 bridgehead atoms. The standard InChI is InChI=1S/C10H21N5O3S/c1-8(2)6-12-7-9-14-15-10(18-9)13-4-5-19(16,17)11-3/h8,11-12H,4-7H2,1-3H3,(H,13,15). The summed E-state index contributed by atoms with van der Waals surface area (Å²) in [6.07, 6.45) is 0. The topological polar surface area (TPSA) is 109 Å². The first kappa shape index (κ1) is 15.9. The van der Waals surface area contributed by atoms with Crippen LogP contribution in [0.3, 0.4) is 0 Å². The van der Waals surface area contributed by atoms with E-state index in [9.17, 15) is 8.42 Å². The maximum absolute atomic E-state index is 11.2. The molecule has 19 heavy (non-hydrogen) atoms. The molecule has 8 nitrogen and oxygen atoms in total. The van der Waals surface area contributed by atoms with Gasteiger partial charge >= 0.3 is 6.01 Å². The van der Waals surface area contributed by atoms with Gasteiger partial charge in [-0.05, 0) is 19.5 Å². The van der Waals surface area contributed by atoms with Crippen molar-refractivity contribution in [2.45, 2.75) is 20.4 Å². The molecule has 1 rings (SSSR count). The Kier molecular flexibility index (Phi) is 6.19. The molecule has 0 unspecified atom stereocenters. The molecule has 0 fully saturated rings. The Morgan fingerprint density at radius 2 is 2.05 bits per heavy atom. The zero-order valence-corrected chi connectivity index (χ0v) is 12.2. The number of rotatable bonds is 9. The highest BCUT2D eigenvalue weighted by atomic mass is 32.2. The Bertz CT molecular complexity index is 471. The molecule has 0 aliphatic heterocycles. The summed E-state index contributed by atoms with van der Waals surface area (Å²) in [7, 11) is -1.85. The molecule has 0 spiro atoms. The molecule has 0 saturated heterocycles. The van der Waals surface area contributed by atoms with E-state index in [4.69, 9.17) is 4.42 Å². The van der Waals surface area contributed by atoms with Crippen molar-refractivity contribution in [1.29, 1.82) is 0 Å². The predicted molar refractivity (Wildman–Crippen MR) is 72.2 cm³/mol. The molecule has 0 aliphatic rings. The lowest BCUT2D eigenvalue weighted by Crippen LogP contribution is -2.26. The maximum atomic E-state index is 11.2. The van der Waals surface area contributed by atoms with Gasteiger partial charge in [-0.2, -0.15) is 0 Å². The molecule has 0 amide bonds. The average molecular weight is 291 g/mol. The molecule has 1 aromatic rings. The highest BCUT2D eigenvalue weighted by Crippen LogP contribution is 2.04. The Morgan fingerprint density at radius 1 is 1.32 bits per heavy atom. The summed E-state index contributed by atoms with van der Waals surface area (Å²) in [5.41, 5.74) is 0. The molecule has 0 radical (unpaired) electrons. The van der Waals surface area contributed by atoms with Crippen LogP contribution in [0.25, 0.3) is 0 Å². The average Bonchev–Trinajstić information content (AvgIpc) is 2.76. The van der Waals surface area contributed by atoms with Crippen molar-refractivity contribution < 1.29 is 12.8 Å². The summed E-state index contributed by atoms with van der Waals surface area (Å²) in [6, 6.07) is 0.229. The van der Waals surface area contributed by atoms with Gasteiger partial charge < -0.3 is 15.1 Å². The Morgan fingerprint density at radius 3 is 2.68 bits per heavy atom. The second-order valence-electron chi connectivity index (χ2n) is 4.48. The van der Waals surface area contributed by atoms with E-state index in [0.29, 0.717) is 18.4 Å². The number of hydrogen-bond donors (Lipinski definition) is 3. The summed E-state index contributed by atoms with van der Waals surface area (Å²) in [4.78, 5) is 0. The van der Waals surface area contributed by atoms with Gasteiger partial charge in [0.1, 0.15) is 0 Å². The van der Waals surface area contributed by atoms with Gasteiger partial charge in [-0.3, -0.25) is 0 Å². The van der Waals surface area contributed by atoms with Crippen LogP contribution in [-0.4, -0.2) is 44.5 Å². The first-order valence-electron chi connectivity index (χ1n) is 6.11. The molecule has 1 heterocycles. The smallest absolute Gasteiger partial charge is 0.315 e. The van der Waals surface area contributed by atoms with Crippen LogP contribution in [-0.2, 0) is 16.6 Å². The molecule has 110 valence electrons. The predicted octanol–water partition coefficient (Wildman–Crippen LogP) is -0.224. The second-order valence-corrected chi connectivity index (χ2v) is 6.52. The summed E-state index contributed by atoms with van der Waals surface area (Å²) in [5.74, 6) is 0.971. The molecular weight excluding hydrogens is 270 g/mol. The van der Waals surface area contributed by atoms with Gasteiger partial charge in [0.05, 0.1) is 12.3 Å². The van der Waals surface area contributed by atoms with Crippen molar-refractivity contribution in [2.24, 2.45) is 5.92 Å². The fourth-order valence-electron chi connectivity index (χ4n) is 1.26. The van der Waals surface area contributed by atoms with E-state index in [1.54, 1.807) is 0 Å². The molecule has 9 heteroatoms. The lowest BCUT2D eigenvalue weighted by atomic mass is 10.2. The van der Waals surface area contributed by atoms with Gasteiger partial charge in [-0.25, -0.2) is 13.1 Å². The zero-order chi connectivity index (χ0) is 14.3. The van der Waals surface area contributed by atoms with Crippen LogP contribution in [0, 0.1) is 5.92 Å². The Hall–Kier alpha value is -1.19. The van der Waals surface area contributed by atoms with E-state index in [1.807, 2.05) is 0 Å². The fraction of sp³-hybridized carbons (Fsp3) is 0.800. The number of aromatic nitrogens is 2. The molecule has 0 saturated carbocycles. The lowest BCUT2D eigenvalue weighted by Gasteiger charge is -2.04. The highest BCUT2D eigenvalue weighted by Gasteiger charge is 2.09. The molecule has 1 aromatic heterocycles. The van der Waals surface area contributed by atoms with E-state index in [0.717, 1.165) is 6.54 Å². The van der Waals surface area contributed by atoms with Gasteiger partial charge in [0.25, 0.3) is 0 Å². The van der Waals surface area contributed by atoms with Gasteiger partial charge in [0.15, 0.2) is 0 Å². The summed E-state index contributed by atoms with van der Waals surface area (Å²) >= 11 is 0. The number of anilines is 1. The molecule has 0 aromatic carbocycles. The minimum atomic E-state index is -3.22. The van der Waals surface area contributed by atoms with Crippen LogP contribution in [0.1, 0.15) is 19.7 Å². The normalized spacial score (nSPS) is 12.0. The van der Waals surface area contributed by atoms with Crippen molar-refractivity contribution in [2.75, 3.05) is 31.2 Å². The van der Waals surface area contributed by atoms with Crippen molar-refractivity contribution in [3.63, 3.8) is 0 Å². The SMILES string of the molecule is CNS(=O)(=O)CCNc1nnc(CNCC(C)C)o1. The van der Waals surface area contributed by atoms with Gasteiger partial charge in [-0.15, -0.1) is 5.10 Å². The number of nitrogens with one attached hydrogen (secondary N) is 3. The van der Waals surface area contributed by atoms with Crippen LogP contribution in [0.4, 0.5) is 6.01 Å². The highest BCUT2D eigenvalue weighted by molar-refractivity contribution is 7.89. The minimum Gasteiger partial charge on any atom is -0.407 e. The summed E-state index contributed by atoms with van der Waals surface area (Å²) < 4.78 is 29.9. The third kappa shape index (κ3) is 6.50. The largest absolute Gasteiger partial charge is 0.407 e. The van der Waals surface area contributed by atoms with E-state index < -0.39 is 10.0 Å². The number of nitrogens with zero attached hydrogens (tertiary/aromatic N) is 2. The van der Waals surface area contributed by atoms with Gasteiger partial charge in [-0.1, -0.05) is 18.9 Å². The maximum Gasteiger partial charge on any atom is 0.315 e. The quantitative estimate of drug-likeness (QED) is 0.577. The number of hydrogen-bond acceptors (Lipinski definition) is 7. The fourth-order valence-corrected chi connectivity index (χ4v) is 1.83. The first-order chi connectivity index (χ1) is 8.93. The molecule has 3 N–H and O–H groups in total. The monoisotopic (exact) mass is 291 g/mol. The Balaban J connectivity index is 2.31. The van der Waals surface area contributed by atoms with E-state index in [1.165, 1.54) is 7.05 Å². The second kappa shape index (κ2) is 7.41. The van der Waals surface area contributed by atoms with Gasteiger partial charge in [0, 0.05) is 6.54 Å².